The number of halogens is 1. The number of benzene rings is 1. The van der Waals surface area contributed by atoms with E-state index in [9.17, 15) is 0 Å². The van der Waals surface area contributed by atoms with Gasteiger partial charge in [-0.1, -0.05) is 11.6 Å². The maximum absolute atomic E-state index is 6.05. The molecule has 2 N–H and O–H groups in total. The molecule has 1 fully saturated rings. The van der Waals surface area contributed by atoms with Crippen molar-refractivity contribution in [3.63, 3.8) is 0 Å². The van der Waals surface area contributed by atoms with Crippen molar-refractivity contribution < 1.29 is 0 Å². The van der Waals surface area contributed by atoms with Gasteiger partial charge in [-0.05, 0) is 78.4 Å². The van der Waals surface area contributed by atoms with Crippen molar-refractivity contribution in [2.45, 2.75) is 44.3 Å². The zero-order valence-electron chi connectivity index (χ0n) is 14.0. The predicted molar refractivity (Wildman–Crippen MR) is 108 cm³/mol. The average Bonchev–Trinajstić information content (AvgIpc) is 3.14. The number of hydrogen-bond donors (Lipinski definition) is 2. The minimum atomic E-state index is 0.478. The summed E-state index contributed by atoms with van der Waals surface area (Å²) < 4.78 is 0. The van der Waals surface area contributed by atoms with E-state index >= 15 is 0 Å². The maximum atomic E-state index is 6.05. The Labute approximate surface area is 157 Å². The summed E-state index contributed by atoms with van der Waals surface area (Å²) >= 11 is 7.81. The van der Waals surface area contributed by atoms with Crippen LogP contribution < -0.4 is 10.6 Å². The van der Waals surface area contributed by atoms with Gasteiger partial charge in [0.1, 0.15) is 5.82 Å². The van der Waals surface area contributed by atoms with E-state index in [1.807, 2.05) is 18.2 Å². The van der Waals surface area contributed by atoms with Gasteiger partial charge in [0.2, 0.25) is 0 Å². The molecule has 0 bridgehead atoms. The summed E-state index contributed by atoms with van der Waals surface area (Å²) in [5, 5.41) is 13.5. The summed E-state index contributed by atoms with van der Waals surface area (Å²) in [6.45, 7) is 0.968. The molecule has 1 aliphatic rings. The smallest absolute Gasteiger partial charge is 0.126 e. The molecule has 1 aliphatic carbocycles. The van der Waals surface area contributed by atoms with E-state index in [-0.39, 0.29) is 0 Å². The average molecular weight is 372 g/mol. The highest BCUT2D eigenvalue weighted by Gasteiger charge is 2.21. The van der Waals surface area contributed by atoms with Crippen LogP contribution in [-0.2, 0) is 6.54 Å². The predicted octanol–water partition coefficient (Wildman–Crippen LogP) is 5.46. The monoisotopic (exact) mass is 371 g/mol. The Morgan fingerprint density at radius 3 is 2.92 bits per heavy atom. The Balaban J connectivity index is 1.37. The molecule has 130 valence electrons. The van der Waals surface area contributed by atoms with E-state index in [2.05, 4.69) is 39.6 Å². The van der Waals surface area contributed by atoms with Gasteiger partial charge in [-0.15, -0.1) is 0 Å². The molecule has 3 nitrogen and oxygen atoms in total. The number of nitrogens with one attached hydrogen (secondary N) is 2. The molecule has 2 heterocycles. The normalized spacial score (nSPS) is 20.7. The standard InChI is InChI=1S/C20H22ClN3S/c21-16-5-6-19-15(10-16)4-7-20(24-19)23-18-3-1-2-17(11-18)22-12-14-8-9-25-13-14/h4-10,13,17-18,22H,1-3,11-12H2,(H,23,24)/t17-,18-/m0/s1. The highest BCUT2D eigenvalue weighted by molar-refractivity contribution is 7.07. The van der Waals surface area contributed by atoms with Crippen molar-refractivity contribution in [3.8, 4) is 0 Å². The SMILES string of the molecule is Clc1ccc2nc(N[C@H]3CCC[C@H](NCc4ccsc4)C3)ccc2c1. The third kappa shape index (κ3) is 4.32. The van der Waals surface area contributed by atoms with Crippen LogP contribution in [0.15, 0.2) is 47.2 Å². The van der Waals surface area contributed by atoms with E-state index in [1.165, 1.54) is 24.8 Å². The quantitative estimate of drug-likeness (QED) is 0.625. The first-order chi connectivity index (χ1) is 12.3. The van der Waals surface area contributed by atoms with Gasteiger partial charge in [0.05, 0.1) is 5.52 Å². The Morgan fingerprint density at radius 2 is 2.04 bits per heavy atom. The van der Waals surface area contributed by atoms with Crippen LogP contribution in [0.25, 0.3) is 10.9 Å². The fourth-order valence-electron chi connectivity index (χ4n) is 3.55. The lowest BCUT2D eigenvalue weighted by molar-refractivity contribution is 0.350. The summed E-state index contributed by atoms with van der Waals surface area (Å²) in [6, 6.07) is 13.2. The molecule has 0 amide bonds. The molecule has 0 radical (unpaired) electrons. The lowest BCUT2D eigenvalue weighted by atomic mass is 9.91. The summed E-state index contributed by atoms with van der Waals surface area (Å²) in [6.07, 6.45) is 4.86. The second-order valence-electron chi connectivity index (χ2n) is 6.75. The second kappa shape index (κ2) is 7.73. The molecule has 2 aromatic heterocycles. The van der Waals surface area contributed by atoms with Gasteiger partial charge in [-0.3, -0.25) is 0 Å². The molecule has 3 aromatic rings. The molecule has 1 aromatic carbocycles. The molecular formula is C20H22ClN3S. The van der Waals surface area contributed by atoms with Crippen molar-refractivity contribution in [2.75, 3.05) is 5.32 Å². The van der Waals surface area contributed by atoms with E-state index in [1.54, 1.807) is 11.3 Å². The highest BCUT2D eigenvalue weighted by Crippen LogP contribution is 2.24. The molecule has 25 heavy (non-hydrogen) atoms. The van der Waals surface area contributed by atoms with Crippen LogP contribution >= 0.6 is 22.9 Å². The molecule has 2 atom stereocenters. The number of pyridine rings is 1. The third-order valence-corrected chi connectivity index (χ3v) is 5.82. The van der Waals surface area contributed by atoms with Gasteiger partial charge in [0, 0.05) is 29.0 Å². The number of nitrogens with zero attached hydrogens (tertiary/aromatic N) is 1. The first kappa shape index (κ1) is 16.8. The van der Waals surface area contributed by atoms with Gasteiger partial charge in [0.25, 0.3) is 0 Å². The lowest BCUT2D eigenvalue weighted by Gasteiger charge is -2.30. The van der Waals surface area contributed by atoms with Crippen LogP contribution in [0.4, 0.5) is 5.82 Å². The summed E-state index contributed by atoms with van der Waals surface area (Å²) in [4.78, 5) is 4.73. The third-order valence-electron chi connectivity index (χ3n) is 4.85. The van der Waals surface area contributed by atoms with Crippen LogP contribution in [0.3, 0.4) is 0 Å². The molecule has 0 saturated heterocycles. The van der Waals surface area contributed by atoms with E-state index in [0.717, 1.165) is 34.7 Å². The van der Waals surface area contributed by atoms with Crippen LogP contribution in [0.5, 0.6) is 0 Å². The first-order valence-corrected chi connectivity index (χ1v) is 10.2. The molecule has 0 unspecified atom stereocenters. The molecule has 0 spiro atoms. The van der Waals surface area contributed by atoms with Gasteiger partial charge in [-0.25, -0.2) is 4.98 Å². The Bertz CT molecular complexity index is 834. The number of anilines is 1. The number of thiophene rings is 1. The van der Waals surface area contributed by atoms with E-state index in [4.69, 9.17) is 16.6 Å². The molecule has 0 aliphatic heterocycles. The van der Waals surface area contributed by atoms with Crippen molar-refractivity contribution in [2.24, 2.45) is 0 Å². The summed E-state index contributed by atoms with van der Waals surface area (Å²) in [5.41, 5.74) is 2.37. The zero-order valence-corrected chi connectivity index (χ0v) is 15.6. The highest BCUT2D eigenvalue weighted by atomic mass is 35.5. The Morgan fingerprint density at radius 1 is 1.12 bits per heavy atom. The summed E-state index contributed by atoms with van der Waals surface area (Å²) in [7, 11) is 0. The molecule has 5 heteroatoms. The van der Waals surface area contributed by atoms with Gasteiger partial charge in [-0.2, -0.15) is 11.3 Å². The van der Waals surface area contributed by atoms with Crippen LogP contribution in [-0.4, -0.2) is 17.1 Å². The number of rotatable bonds is 5. The fraction of sp³-hybridized carbons (Fsp3) is 0.350. The van der Waals surface area contributed by atoms with Crippen molar-refractivity contribution in [1.29, 1.82) is 0 Å². The summed E-state index contributed by atoms with van der Waals surface area (Å²) in [5.74, 6) is 0.957. The first-order valence-electron chi connectivity index (χ1n) is 8.83. The van der Waals surface area contributed by atoms with Crippen molar-refractivity contribution in [3.05, 3.63) is 57.7 Å². The molecular weight excluding hydrogens is 350 g/mol. The Hall–Kier alpha value is -1.62. The van der Waals surface area contributed by atoms with Crippen LogP contribution in [0.2, 0.25) is 5.02 Å². The Kier molecular flexibility index (Phi) is 5.20. The largest absolute Gasteiger partial charge is 0.367 e. The van der Waals surface area contributed by atoms with Crippen molar-refractivity contribution >= 4 is 39.7 Å². The van der Waals surface area contributed by atoms with Crippen LogP contribution in [0.1, 0.15) is 31.2 Å². The molecule has 1 saturated carbocycles. The lowest BCUT2D eigenvalue weighted by Crippen LogP contribution is -2.38. The fourth-order valence-corrected chi connectivity index (χ4v) is 4.40. The minimum Gasteiger partial charge on any atom is -0.367 e. The van der Waals surface area contributed by atoms with Crippen LogP contribution in [0, 0.1) is 0 Å². The van der Waals surface area contributed by atoms with Gasteiger partial charge >= 0.3 is 0 Å². The van der Waals surface area contributed by atoms with E-state index in [0.29, 0.717) is 12.1 Å². The van der Waals surface area contributed by atoms with E-state index < -0.39 is 0 Å². The van der Waals surface area contributed by atoms with Gasteiger partial charge < -0.3 is 10.6 Å². The van der Waals surface area contributed by atoms with Gasteiger partial charge in [0.15, 0.2) is 0 Å². The minimum absolute atomic E-state index is 0.478. The maximum Gasteiger partial charge on any atom is 0.126 e. The topological polar surface area (TPSA) is 37.0 Å². The zero-order chi connectivity index (χ0) is 17.1. The molecule has 4 rings (SSSR count). The second-order valence-corrected chi connectivity index (χ2v) is 7.97. The van der Waals surface area contributed by atoms with Crippen molar-refractivity contribution in [1.82, 2.24) is 10.3 Å². The number of hydrogen-bond acceptors (Lipinski definition) is 4. The number of fused-ring (bicyclic) bond motifs is 1. The number of aromatic nitrogens is 1.